The van der Waals surface area contributed by atoms with Gasteiger partial charge in [0.05, 0.1) is 0 Å². The first-order chi connectivity index (χ1) is 3.66. The number of nitrogens with zero attached hydrogens (tertiary/aromatic N) is 1. The van der Waals surface area contributed by atoms with Crippen molar-refractivity contribution in [1.29, 1.82) is 0 Å². The summed E-state index contributed by atoms with van der Waals surface area (Å²) in [7, 11) is 0. The van der Waals surface area contributed by atoms with Crippen molar-refractivity contribution in [3.63, 3.8) is 0 Å². The molecule has 0 N–H and O–H groups in total. The first-order valence-electron chi connectivity index (χ1n) is 2.81. The van der Waals surface area contributed by atoms with Crippen molar-refractivity contribution in [2.45, 2.75) is 27.7 Å². The Hall–Kier alpha value is -0.590. The van der Waals surface area contributed by atoms with Gasteiger partial charge in [0, 0.05) is 11.4 Å². The van der Waals surface area contributed by atoms with Gasteiger partial charge in [-0.3, -0.25) is 4.99 Å². The van der Waals surface area contributed by atoms with E-state index in [1.165, 1.54) is 0 Å². The molecule has 0 fully saturated rings. The lowest BCUT2D eigenvalue weighted by atomic mass is 10.4. The van der Waals surface area contributed by atoms with Crippen molar-refractivity contribution in [2.75, 3.05) is 0 Å². The van der Waals surface area contributed by atoms with Gasteiger partial charge in [-0.15, -0.1) is 0 Å². The number of allylic oxidation sites excluding steroid dienone is 2. The average Bonchev–Trinajstić information content (AvgIpc) is 1.65. The van der Waals surface area contributed by atoms with Crippen LogP contribution in [0.2, 0.25) is 0 Å². The molecule has 1 nitrogen and oxygen atoms in total. The van der Waals surface area contributed by atoms with Crippen LogP contribution in [0.4, 0.5) is 0 Å². The highest BCUT2D eigenvalue weighted by Gasteiger charge is 1.78. The minimum Gasteiger partial charge on any atom is -0.263 e. The number of aliphatic imine (C=N–C) groups is 1. The average molecular weight is 111 g/mol. The molecule has 0 saturated heterocycles. The van der Waals surface area contributed by atoms with Gasteiger partial charge in [-0.25, -0.2) is 0 Å². The van der Waals surface area contributed by atoms with E-state index in [-0.39, 0.29) is 0 Å². The fourth-order valence-corrected chi connectivity index (χ4v) is 0.417. The molecule has 0 aliphatic carbocycles. The standard InChI is InChI=1S/C7H13N/c1-5-7(4)8-6(2)3/h5H,1-4H3/b7-5+. The molecule has 0 aromatic rings. The Labute approximate surface area is 51.1 Å². The molecular weight excluding hydrogens is 98.1 g/mol. The van der Waals surface area contributed by atoms with Crippen molar-refractivity contribution in [3.05, 3.63) is 11.8 Å². The van der Waals surface area contributed by atoms with E-state index >= 15 is 0 Å². The summed E-state index contributed by atoms with van der Waals surface area (Å²) in [6, 6.07) is 0. The fourth-order valence-electron chi connectivity index (χ4n) is 0.417. The van der Waals surface area contributed by atoms with Crippen LogP contribution in [0.1, 0.15) is 27.7 Å². The van der Waals surface area contributed by atoms with Crippen molar-refractivity contribution >= 4 is 5.71 Å². The first-order valence-corrected chi connectivity index (χ1v) is 2.81. The van der Waals surface area contributed by atoms with Crippen LogP contribution in [-0.2, 0) is 0 Å². The lowest BCUT2D eigenvalue weighted by Gasteiger charge is -1.88. The molecule has 0 aromatic carbocycles. The van der Waals surface area contributed by atoms with E-state index in [1.54, 1.807) is 0 Å². The van der Waals surface area contributed by atoms with Gasteiger partial charge in [-0.1, -0.05) is 6.08 Å². The summed E-state index contributed by atoms with van der Waals surface area (Å²) >= 11 is 0. The number of rotatable bonds is 1. The van der Waals surface area contributed by atoms with Gasteiger partial charge < -0.3 is 0 Å². The third-order valence-electron chi connectivity index (χ3n) is 0.818. The molecule has 8 heavy (non-hydrogen) atoms. The molecule has 0 aliphatic heterocycles. The molecule has 46 valence electrons. The predicted molar refractivity (Wildman–Crippen MR) is 38.2 cm³/mol. The summed E-state index contributed by atoms with van der Waals surface area (Å²) in [5, 5.41) is 0. The summed E-state index contributed by atoms with van der Waals surface area (Å²) in [6.07, 6.45) is 1.99. The zero-order valence-corrected chi connectivity index (χ0v) is 6.02. The maximum absolute atomic E-state index is 4.17. The van der Waals surface area contributed by atoms with Crippen LogP contribution < -0.4 is 0 Å². The fraction of sp³-hybridized carbons (Fsp3) is 0.571. The summed E-state index contributed by atoms with van der Waals surface area (Å²) < 4.78 is 0. The molecule has 0 saturated carbocycles. The minimum atomic E-state index is 1.09. The quantitative estimate of drug-likeness (QED) is 0.461. The molecule has 0 spiro atoms. The van der Waals surface area contributed by atoms with Crippen LogP contribution >= 0.6 is 0 Å². The Morgan fingerprint density at radius 3 is 1.88 bits per heavy atom. The van der Waals surface area contributed by atoms with Gasteiger partial charge in [0.2, 0.25) is 0 Å². The Bertz CT molecular complexity index is 116. The predicted octanol–water partition coefficient (Wildman–Crippen LogP) is 2.39. The molecule has 0 radical (unpaired) electrons. The maximum atomic E-state index is 4.17. The molecular formula is C7H13N. The highest BCUT2D eigenvalue weighted by atomic mass is 14.7. The molecule has 0 amide bonds. The second kappa shape index (κ2) is 3.42. The van der Waals surface area contributed by atoms with Crippen molar-refractivity contribution in [1.82, 2.24) is 0 Å². The smallest absolute Gasteiger partial charge is 0.0329 e. The topological polar surface area (TPSA) is 12.4 Å². The summed E-state index contributed by atoms with van der Waals surface area (Å²) in [4.78, 5) is 4.17. The largest absolute Gasteiger partial charge is 0.263 e. The molecule has 0 aliphatic rings. The van der Waals surface area contributed by atoms with Crippen LogP contribution in [0.5, 0.6) is 0 Å². The Kier molecular flexibility index (Phi) is 3.16. The normalized spacial score (nSPS) is 11.2. The Morgan fingerprint density at radius 1 is 1.25 bits per heavy atom. The van der Waals surface area contributed by atoms with Crippen LogP contribution in [0.3, 0.4) is 0 Å². The third-order valence-corrected chi connectivity index (χ3v) is 0.818. The van der Waals surface area contributed by atoms with Gasteiger partial charge in [-0.05, 0) is 27.7 Å². The highest BCUT2D eigenvalue weighted by Crippen LogP contribution is 1.92. The lowest BCUT2D eigenvalue weighted by molar-refractivity contribution is 1.27. The van der Waals surface area contributed by atoms with Gasteiger partial charge >= 0.3 is 0 Å². The van der Waals surface area contributed by atoms with Crippen LogP contribution in [0, 0.1) is 0 Å². The van der Waals surface area contributed by atoms with Crippen LogP contribution in [-0.4, -0.2) is 5.71 Å². The van der Waals surface area contributed by atoms with Gasteiger partial charge in [0.15, 0.2) is 0 Å². The van der Waals surface area contributed by atoms with Gasteiger partial charge in [-0.2, -0.15) is 0 Å². The van der Waals surface area contributed by atoms with Crippen LogP contribution in [0.25, 0.3) is 0 Å². The van der Waals surface area contributed by atoms with Crippen molar-refractivity contribution in [3.8, 4) is 0 Å². The Morgan fingerprint density at radius 2 is 1.75 bits per heavy atom. The summed E-state index contributed by atoms with van der Waals surface area (Å²) in [5.41, 5.74) is 2.20. The maximum Gasteiger partial charge on any atom is 0.0329 e. The number of hydrogen-bond acceptors (Lipinski definition) is 1. The highest BCUT2D eigenvalue weighted by molar-refractivity contribution is 5.80. The second-order valence-corrected chi connectivity index (χ2v) is 1.99. The van der Waals surface area contributed by atoms with E-state index in [0.29, 0.717) is 0 Å². The second-order valence-electron chi connectivity index (χ2n) is 1.99. The number of hydrogen-bond donors (Lipinski definition) is 0. The SMILES string of the molecule is C/C=C(\C)N=C(C)C. The van der Waals surface area contributed by atoms with E-state index in [1.807, 2.05) is 33.8 Å². The molecule has 0 unspecified atom stereocenters. The molecule has 0 rings (SSSR count). The third kappa shape index (κ3) is 3.59. The van der Waals surface area contributed by atoms with E-state index in [2.05, 4.69) is 4.99 Å². The lowest BCUT2D eigenvalue weighted by Crippen LogP contribution is -1.79. The van der Waals surface area contributed by atoms with Gasteiger partial charge in [0.1, 0.15) is 0 Å². The zero-order valence-electron chi connectivity index (χ0n) is 6.02. The van der Waals surface area contributed by atoms with E-state index < -0.39 is 0 Å². The monoisotopic (exact) mass is 111 g/mol. The minimum absolute atomic E-state index is 1.09. The van der Waals surface area contributed by atoms with E-state index in [4.69, 9.17) is 0 Å². The molecule has 0 heterocycles. The van der Waals surface area contributed by atoms with Crippen molar-refractivity contribution < 1.29 is 0 Å². The molecule has 0 bridgehead atoms. The molecule has 0 aromatic heterocycles. The summed E-state index contributed by atoms with van der Waals surface area (Å²) in [5.74, 6) is 0. The van der Waals surface area contributed by atoms with Crippen molar-refractivity contribution in [2.24, 2.45) is 4.99 Å². The molecule has 1 heteroatoms. The van der Waals surface area contributed by atoms with E-state index in [0.717, 1.165) is 11.4 Å². The van der Waals surface area contributed by atoms with Gasteiger partial charge in [0.25, 0.3) is 0 Å². The Balaban J connectivity index is 3.89. The van der Waals surface area contributed by atoms with E-state index in [9.17, 15) is 0 Å². The first kappa shape index (κ1) is 7.41. The summed E-state index contributed by atoms with van der Waals surface area (Å²) in [6.45, 7) is 7.97. The van der Waals surface area contributed by atoms with Crippen LogP contribution in [0.15, 0.2) is 16.8 Å². The zero-order chi connectivity index (χ0) is 6.57. The molecule has 0 atom stereocenters.